The van der Waals surface area contributed by atoms with Gasteiger partial charge in [0.15, 0.2) is 0 Å². The van der Waals surface area contributed by atoms with Gasteiger partial charge in [-0.1, -0.05) is 13.3 Å². The van der Waals surface area contributed by atoms with E-state index < -0.39 is 10.0 Å². The van der Waals surface area contributed by atoms with Crippen molar-refractivity contribution in [3.8, 4) is 0 Å². The molecule has 1 saturated heterocycles. The molecule has 1 aliphatic heterocycles. The Morgan fingerprint density at radius 1 is 1.32 bits per heavy atom. The largest absolute Gasteiger partial charge is 0.381 e. The van der Waals surface area contributed by atoms with Gasteiger partial charge in [-0.2, -0.15) is 0 Å². The first-order valence-electron chi connectivity index (χ1n) is 7.39. The van der Waals surface area contributed by atoms with Gasteiger partial charge in [0.25, 0.3) is 0 Å². The highest BCUT2D eigenvalue weighted by atomic mass is 32.2. The molecule has 0 aromatic heterocycles. The van der Waals surface area contributed by atoms with Crippen LogP contribution in [0, 0.1) is 0 Å². The zero-order chi connectivity index (χ0) is 14.1. The molecular formula is C13H28N2O3S. The van der Waals surface area contributed by atoms with Crippen LogP contribution < -0.4 is 5.32 Å². The molecular weight excluding hydrogens is 264 g/mol. The van der Waals surface area contributed by atoms with Crippen LogP contribution in [-0.2, 0) is 14.8 Å². The van der Waals surface area contributed by atoms with E-state index >= 15 is 0 Å². The zero-order valence-corrected chi connectivity index (χ0v) is 13.0. The number of piperidine rings is 1. The second-order valence-corrected chi connectivity index (χ2v) is 7.11. The molecule has 5 nitrogen and oxygen atoms in total. The minimum atomic E-state index is -3.19. The van der Waals surface area contributed by atoms with E-state index in [9.17, 15) is 8.42 Å². The highest BCUT2D eigenvalue weighted by Gasteiger charge is 2.25. The van der Waals surface area contributed by atoms with E-state index in [0.29, 0.717) is 25.7 Å². The summed E-state index contributed by atoms with van der Waals surface area (Å²) in [6.45, 7) is 6.95. The molecule has 0 spiro atoms. The third-order valence-electron chi connectivity index (χ3n) is 3.39. The number of nitrogens with zero attached hydrogens (tertiary/aromatic N) is 1. The minimum absolute atomic E-state index is 0.0908. The molecule has 0 saturated carbocycles. The van der Waals surface area contributed by atoms with Gasteiger partial charge >= 0.3 is 0 Å². The van der Waals surface area contributed by atoms with Crippen molar-refractivity contribution in [2.45, 2.75) is 45.6 Å². The van der Waals surface area contributed by atoms with E-state index in [0.717, 1.165) is 19.4 Å². The number of nitrogens with one attached hydrogen (secondary N) is 1. The normalized spacial score (nSPS) is 20.9. The molecule has 1 unspecified atom stereocenters. The van der Waals surface area contributed by atoms with Crippen molar-refractivity contribution < 1.29 is 13.2 Å². The summed E-state index contributed by atoms with van der Waals surface area (Å²) in [6, 6.07) is 0.308. The summed E-state index contributed by atoms with van der Waals surface area (Å²) in [5.41, 5.74) is 0. The van der Waals surface area contributed by atoms with Crippen molar-refractivity contribution in [1.29, 1.82) is 0 Å². The Morgan fingerprint density at radius 3 is 2.68 bits per heavy atom. The smallest absolute Gasteiger partial charge is 0.216 e. The van der Waals surface area contributed by atoms with Gasteiger partial charge in [0.1, 0.15) is 0 Å². The van der Waals surface area contributed by atoms with Crippen LogP contribution in [0.4, 0.5) is 0 Å². The Bertz CT molecular complexity index is 327. The number of hydrogen-bond donors (Lipinski definition) is 1. The Hall–Kier alpha value is -0.170. The summed E-state index contributed by atoms with van der Waals surface area (Å²) in [4.78, 5) is 0. The SMILES string of the molecule is CCCN(CC1CCCCN1)S(=O)(=O)CCOCC. The molecule has 1 atom stereocenters. The molecule has 114 valence electrons. The number of sulfonamides is 1. The molecule has 1 heterocycles. The standard InChI is InChI=1S/C13H28N2O3S/c1-3-9-15(12-13-7-5-6-8-14-13)19(16,17)11-10-18-4-2/h13-14H,3-12H2,1-2H3. The molecule has 0 aromatic carbocycles. The summed E-state index contributed by atoms with van der Waals surface area (Å²) in [6.07, 6.45) is 4.31. The van der Waals surface area contributed by atoms with E-state index in [2.05, 4.69) is 5.32 Å². The zero-order valence-electron chi connectivity index (χ0n) is 12.2. The molecule has 6 heteroatoms. The van der Waals surface area contributed by atoms with Crippen LogP contribution in [0.25, 0.3) is 0 Å². The van der Waals surface area contributed by atoms with Gasteiger partial charge in [-0.15, -0.1) is 0 Å². The summed E-state index contributed by atoms with van der Waals surface area (Å²) in [5.74, 6) is 0.0908. The predicted molar refractivity (Wildman–Crippen MR) is 77.8 cm³/mol. The lowest BCUT2D eigenvalue weighted by Gasteiger charge is -2.29. The molecule has 0 radical (unpaired) electrons. The monoisotopic (exact) mass is 292 g/mol. The van der Waals surface area contributed by atoms with Crippen LogP contribution in [0.5, 0.6) is 0 Å². The van der Waals surface area contributed by atoms with E-state index in [4.69, 9.17) is 4.74 Å². The summed E-state index contributed by atoms with van der Waals surface area (Å²) >= 11 is 0. The number of ether oxygens (including phenoxy) is 1. The number of rotatable bonds is 9. The van der Waals surface area contributed by atoms with Crippen molar-refractivity contribution in [2.24, 2.45) is 0 Å². The van der Waals surface area contributed by atoms with Crippen LogP contribution in [0.2, 0.25) is 0 Å². The predicted octanol–water partition coefficient (Wildman–Crippen LogP) is 1.21. The van der Waals surface area contributed by atoms with Crippen LogP contribution in [0.3, 0.4) is 0 Å². The number of hydrogen-bond acceptors (Lipinski definition) is 4. The lowest BCUT2D eigenvalue weighted by molar-refractivity contribution is 0.162. The second-order valence-electron chi connectivity index (χ2n) is 5.02. The minimum Gasteiger partial charge on any atom is -0.381 e. The highest BCUT2D eigenvalue weighted by Crippen LogP contribution is 2.12. The maximum Gasteiger partial charge on any atom is 0.216 e. The summed E-state index contributed by atoms with van der Waals surface area (Å²) in [7, 11) is -3.19. The van der Waals surface area contributed by atoms with Gasteiger partial charge in [-0.05, 0) is 32.7 Å². The fraction of sp³-hybridized carbons (Fsp3) is 1.00. The van der Waals surface area contributed by atoms with Crippen LogP contribution in [-0.4, -0.2) is 57.4 Å². The fourth-order valence-electron chi connectivity index (χ4n) is 2.36. The average Bonchev–Trinajstić information content (AvgIpc) is 2.39. The Morgan fingerprint density at radius 2 is 2.11 bits per heavy atom. The molecule has 1 N–H and O–H groups in total. The first-order valence-corrected chi connectivity index (χ1v) is 9.00. The van der Waals surface area contributed by atoms with Gasteiger partial charge in [-0.3, -0.25) is 0 Å². The third-order valence-corrected chi connectivity index (χ3v) is 5.19. The first kappa shape index (κ1) is 16.9. The van der Waals surface area contributed by atoms with Crippen LogP contribution >= 0.6 is 0 Å². The van der Waals surface area contributed by atoms with E-state index in [1.54, 1.807) is 4.31 Å². The fourth-order valence-corrected chi connectivity index (χ4v) is 3.81. The van der Waals surface area contributed by atoms with Gasteiger partial charge in [0, 0.05) is 25.7 Å². The quantitative estimate of drug-likeness (QED) is 0.649. The van der Waals surface area contributed by atoms with Gasteiger partial charge in [-0.25, -0.2) is 12.7 Å². The Labute approximate surface area is 117 Å². The molecule has 19 heavy (non-hydrogen) atoms. The third kappa shape index (κ3) is 6.21. The molecule has 0 amide bonds. The van der Waals surface area contributed by atoms with Crippen LogP contribution in [0.1, 0.15) is 39.5 Å². The van der Waals surface area contributed by atoms with E-state index in [-0.39, 0.29) is 12.4 Å². The lowest BCUT2D eigenvalue weighted by atomic mass is 10.1. The second kappa shape index (κ2) is 8.89. The Balaban J connectivity index is 2.53. The van der Waals surface area contributed by atoms with Gasteiger partial charge in [0.2, 0.25) is 10.0 Å². The Kier molecular flexibility index (Phi) is 7.90. The van der Waals surface area contributed by atoms with Crippen LogP contribution in [0.15, 0.2) is 0 Å². The first-order chi connectivity index (χ1) is 9.10. The summed E-state index contributed by atoms with van der Waals surface area (Å²) < 4.78 is 31.4. The average molecular weight is 292 g/mol. The van der Waals surface area contributed by atoms with E-state index in [1.807, 2.05) is 13.8 Å². The topological polar surface area (TPSA) is 58.6 Å². The maximum atomic E-state index is 12.3. The molecule has 1 rings (SSSR count). The summed E-state index contributed by atoms with van der Waals surface area (Å²) in [5, 5.41) is 3.41. The van der Waals surface area contributed by atoms with Crippen molar-refractivity contribution >= 4 is 10.0 Å². The van der Waals surface area contributed by atoms with Crippen molar-refractivity contribution in [3.05, 3.63) is 0 Å². The highest BCUT2D eigenvalue weighted by molar-refractivity contribution is 7.89. The molecule has 0 aliphatic carbocycles. The van der Waals surface area contributed by atoms with E-state index in [1.165, 1.54) is 12.8 Å². The van der Waals surface area contributed by atoms with Crippen molar-refractivity contribution in [3.63, 3.8) is 0 Å². The van der Waals surface area contributed by atoms with Crippen molar-refractivity contribution in [2.75, 3.05) is 38.6 Å². The lowest BCUT2D eigenvalue weighted by Crippen LogP contribution is -2.46. The molecule has 1 aliphatic rings. The molecule has 1 fully saturated rings. The molecule has 0 aromatic rings. The van der Waals surface area contributed by atoms with Gasteiger partial charge in [0.05, 0.1) is 12.4 Å². The van der Waals surface area contributed by atoms with Gasteiger partial charge < -0.3 is 10.1 Å². The van der Waals surface area contributed by atoms with Crippen molar-refractivity contribution in [1.82, 2.24) is 9.62 Å². The maximum absolute atomic E-state index is 12.3. The molecule has 0 bridgehead atoms.